The van der Waals surface area contributed by atoms with Gasteiger partial charge in [0, 0.05) is 0 Å². The number of rotatable bonds is 9. The Bertz CT molecular complexity index is 1300. The van der Waals surface area contributed by atoms with Crippen molar-refractivity contribution in [3.8, 4) is 11.4 Å². The van der Waals surface area contributed by atoms with E-state index in [0.717, 1.165) is 0 Å². The van der Waals surface area contributed by atoms with Crippen molar-refractivity contribution in [2.24, 2.45) is 0 Å². The average molecular weight is 504 g/mol. The van der Waals surface area contributed by atoms with Gasteiger partial charge in [0.25, 0.3) is 5.91 Å². The number of esters is 1. The lowest BCUT2D eigenvalue weighted by molar-refractivity contribution is 0.0563. The van der Waals surface area contributed by atoms with Gasteiger partial charge in [-0.2, -0.15) is 5.10 Å². The molecule has 0 saturated heterocycles. The van der Waals surface area contributed by atoms with Crippen LogP contribution in [-0.4, -0.2) is 45.6 Å². The molecule has 1 aromatic carbocycles. The number of anilines is 1. The third-order valence-electron chi connectivity index (χ3n) is 4.30. The Kier molecular flexibility index (Phi) is 7.23. The van der Waals surface area contributed by atoms with E-state index in [9.17, 15) is 14.0 Å². The number of methoxy groups -OCH3 is 1. The van der Waals surface area contributed by atoms with Crippen LogP contribution in [0.5, 0.6) is 5.75 Å². The summed E-state index contributed by atoms with van der Waals surface area (Å²) < 4.78 is 30.8. The number of carbonyl (C=O) groups excluding carboxylic acids is 2. The predicted molar refractivity (Wildman–Crippen MR) is 122 cm³/mol. The SMILES string of the molecule is CCOc1cn(-c2ccc(F)cc2)nc1C(=O)Nc1nnc(SCc2ccc(C(=O)OC)o2)s1. The molecule has 4 aromatic rings. The molecule has 0 aliphatic heterocycles. The zero-order chi connectivity index (χ0) is 24.1. The molecule has 0 spiro atoms. The molecule has 0 aliphatic rings. The lowest BCUT2D eigenvalue weighted by atomic mass is 10.3. The molecule has 176 valence electrons. The van der Waals surface area contributed by atoms with Gasteiger partial charge in [-0.1, -0.05) is 23.1 Å². The summed E-state index contributed by atoms with van der Waals surface area (Å²) in [7, 11) is 1.28. The Morgan fingerprint density at radius 1 is 1.21 bits per heavy atom. The van der Waals surface area contributed by atoms with Crippen LogP contribution in [0.25, 0.3) is 5.69 Å². The van der Waals surface area contributed by atoms with E-state index in [2.05, 4.69) is 25.3 Å². The number of thioether (sulfide) groups is 1. The van der Waals surface area contributed by atoms with E-state index in [4.69, 9.17) is 9.15 Å². The highest BCUT2D eigenvalue weighted by Crippen LogP contribution is 2.30. The molecule has 3 heterocycles. The number of nitrogens with one attached hydrogen (secondary N) is 1. The first-order valence-corrected chi connectivity index (χ1v) is 11.7. The summed E-state index contributed by atoms with van der Waals surface area (Å²) in [5, 5.41) is 15.3. The average Bonchev–Trinajstić information content (AvgIpc) is 3.58. The van der Waals surface area contributed by atoms with Gasteiger partial charge in [-0.05, 0) is 43.3 Å². The predicted octanol–water partition coefficient (Wildman–Crippen LogP) is 4.19. The third kappa shape index (κ3) is 5.43. The second kappa shape index (κ2) is 10.5. The number of carbonyl (C=O) groups is 2. The third-order valence-corrected chi connectivity index (χ3v) is 6.29. The molecule has 0 unspecified atom stereocenters. The summed E-state index contributed by atoms with van der Waals surface area (Å²) in [6.07, 6.45) is 1.55. The monoisotopic (exact) mass is 503 g/mol. The van der Waals surface area contributed by atoms with Crippen molar-refractivity contribution >= 4 is 40.1 Å². The van der Waals surface area contributed by atoms with Crippen molar-refractivity contribution in [2.75, 3.05) is 19.0 Å². The zero-order valence-corrected chi connectivity index (χ0v) is 19.6. The van der Waals surface area contributed by atoms with Crippen LogP contribution in [0, 0.1) is 5.82 Å². The Morgan fingerprint density at radius 3 is 2.74 bits per heavy atom. The molecular formula is C21H18FN5O5S2. The standard InChI is InChI=1S/C21H18FN5O5S2/c1-3-31-16-10-27(13-6-4-12(22)5-7-13)26-17(16)18(28)23-20-24-25-21(34-20)33-11-14-8-9-15(32-14)19(29)30-2/h4-10H,3,11H2,1-2H3,(H,23,24,28). The number of halogens is 1. The van der Waals surface area contributed by atoms with Gasteiger partial charge in [-0.15, -0.1) is 10.2 Å². The first kappa shape index (κ1) is 23.4. The minimum atomic E-state index is -0.551. The first-order chi connectivity index (χ1) is 16.5. The van der Waals surface area contributed by atoms with E-state index >= 15 is 0 Å². The second-order valence-electron chi connectivity index (χ2n) is 6.57. The van der Waals surface area contributed by atoms with Crippen molar-refractivity contribution in [1.82, 2.24) is 20.0 Å². The lowest BCUT2D eigenvalue weighted by Crippen LogP contribution is -2.14. The minimum Gasteiger partial charge on any atom is -0.490 e. The highest BCUT2D eigenvalue weighted by atomic mass is 32.2. The number of aromatic nitrogens is 4. The molecule has 0 atom stereocenters. The van der Waals surface area contributed by atoms with Gasteiger partial charge in [-0.3, -0.25) is 10.1 Å². The maximum atomic E-state index is 13.2. The van der Waals surface area contributed by atoms with Crippen LogP contribution >= 0.6 is 23.1 Å². The topological polar surface area (TPSA) is 121 Å². The molecule has 4 rings (SSSR count). The normalized spacial score (nSPS) is 10.8. The van der Waals surface area contributed by atoms with Crippen LogP contribution in [-0.2, 0) is 10.5 Å². The quantitative estimate of drug-likeness (QED) is 0.204. The van der Waals surface area contributed by atoms with Gasteiger partial charge >= 0.3 is 5.97 Å². The van der Waals surface area contributed by atoms with Gasteiger partial charge in [0.2, 0.25) is 10.9 Å². The van der Waals surface area contributed by atoms with Gasteiger partial charge in [-0.25, -0.2) is 13.9 Å². The number of benzene rings is 1. The summed E-state index contributed by atoms with van der Waals surface area (Å²) >= 11 is 2.51. The van der Waals surface area contributed by atoms with E-state index in [-0.39, 0.29) is 28.2 Å². The molecule has 3 aromatic heterocycles. The number of nitrogens with zero attached hydrogens (tertiary/aromatic N) is 4. The maximum absolute atomic E-state index is 13.2. The van der Waals surface area contributed by atoms with Crippen LogP contribution < -0.4 is 10.1 Å². The molecular weight excluding hydrogens is 485 g/mol. The van der Waals surface area contributed by atoms with E-state index in [1.807, 2.05) is 0 Å². The van der Waals surface area contributed by atoms with Gasteiger partial charge < -0.3 is 13.9 Å². The number of hydrogen-bond donors (Lipinski definition) is 1. The van der Waals surface area contributed by atoms with Crippen molar-refractivity contribution in [1.29, 1.82) is 0 Å². The molecule has 10 nitrogen and oxygen atoms in total. The highest BCUT2D eigenvalue weighted by molar-refractivity contribution is 8.00. The van der Waals surface area contributed by atoms with Crippen molar-refractivity contribution in [2.45, 2.75) is 17.0 Å². The summed E-state index contributed by atoms with van der Waals surface area (Å²) in [5.74, 6) is -0.0677. The van der Waals surface area contributed by atoms with Crippen LogP contribution in [0.2, 0.25) is 0 Å². The summed E-state index contributed by atoms with van der Waals surface area (Å²) in [6.45, 7) is 2.12. The Balaban J connectivity index is 1.42. The zero-order valence-electron chi connectivity index (χ0n) is 18.0. The smallest absolute Gasteiger partial charge is 0.373 e. The fourth-order valence-electron chi connectivity index (χ4n) is 2.78. The van der Waals surface area contributed by atoms with Crippen LogP contribution in [0.15, 0.2) is 51.4 Å². The molecule has 0 aliphatic carbocycles. The van der Waals surface area contributed by atoms with Crippen LogP contribution in [0.4, 0.5) is 9.52 Å². The number of furan rings is 1. The Labute approximate surface area is 201 Å². The molecule has 0 saturated carbocycles. The molecule has 1 amide bonds. The molecule has 34 heavy (non-hydrogen) atoms. The number of hydrogen-bond acceptors (Lipinski definition) is 10. The van der Waals surface area contributed by atoms with Crippen LogP contribution in [0.3, 0.4) is 0 Å². The minimum absolute atomic E-state index is 0.0569. The van der Waals surface area contributed by atoms with Gasteiger partial charge in [0.15, 0.2) is 15.8 Å². The summed E-state index contributed by atoms with van der Waals surface area (Å²) in [4.78, 5) is 24.3. The first-order valence-electron chi connectivity index (χ1n) is 9.90. The van der Waals surface area contributed by atoms with Crippen LogP contribution in [0.1, 0.15) is 33.7 Å². The van der Waals surface area contributed by atoms with E-state index in [1.165, 1.54) is 53.1 Å². The van der Waals surface area contributed by atoms with Gasteiger partial charge in [0.1, 0.15) is 11.6 Å². The van der Waals surface area contributed by atoms with E-state index in [0.29, 0.717) is 28.1 Å². The maximum Gasteiger partial charge on any atom is 0.373 e. The fourth-order valence-corrected chi connectivity index (χ4v) is 4.42. The van der Waals surface area contributed by atoms with Crippen molar-refractivity contribution in [3.63, 3.8) is 0 Å². The molecule has 13 heteroatoms. The molecule has 0 bridgehead atoms. The highest BCUT2D eigenvalue weighted by Gasteiger charge is 2.21. The van der Waals surface area contributed by atoms with Crippen molar-refractivity contribution < 1.29 is 27.9 Å². The van der Waals surface area contributed by atoms with Crippen molar-refractivity contribution in [3.05, 3.63) is 65.6 Å². The summed E-state index contributed by atoms with van der Waals surface area (Å²) in [6, 6.07) is 8.90. The Morgan fingerprint density at radius 2 is 2.00 bits per heavy atom. The van der Waals surface area contributed by atoms with Gasteiger partial charge in [0.05, 0.1) is 31.4 Å². The number of amides is 1. The summed E-state index contributed by atoms with van der Waals surface area (Å²) in [5.41, 5.74) is 0.630. The Hall–Kier alpha value is -3.71. The van der Waals surface area contributed by atoms with E-state index < -0.39 is 11.9 Å². The number of ether oxygens (including phenoxy) is 2. The molecule has 0 fully saturated rings. The molecule has 1 N–H and O–H groups in total. The largest absolute Gasteiger partial charge is 0.490 e. The second-order valence-corrected chi connectivity index (χ2v) is 8.77. The van der Waals surface area contributed by atoms with E-state index in [1.54, 1.807) is 31.3 Å². The fraction of sp³-hybridized carbons (Fsp3) is 0.190. The lowest BCUT2D eigenvalue weighted by Gasteiger charge is -2.02. The molecule has 0 radical (unpaired) electrons.